The summed E-state index contributed by atoms with van der Waals surface area (Å²) in [5.74, 6) is -0.929. The number of benzene rings is 1. The van der Waals surface area contributed by atoms with E-state index in [0.717, 1.165) is 0 Å². The highest BCUT2D eigenvalue weighted by molar-refractivity contribution is 7.89. The average Bonchev–Trinajstić information content (AvgIpc) is 2.45. The average molecular weight is 366 g/mol. The molecule has 0 radical (unpaired) electrons. The van der Waals surface area contributed by atoms with Crippen molar-refractivity contribution < 1.29 is 18.3 Å². The van der Waals surface area contributed by atoms with Gasteiger partial charge >= 0.3 is 5.97 Å². The van der Waals surface area contributed by atoms with Crippen molar-refractivity contribution in [3.63, 3.8) is 0 Å². The summed E-state index contributed by atoms with van der Waals surface area (Å²) in [5, 5.41) is 9.40. The fourth-order valence-corrected chi connectivity index (χ4v) is 4.50. The number of nitrogens with one attached hydrogen (secondary N) is 1. The van der Waals surface area contributed by atoms with Gasteiger partial charge in [-0.05, 0) is 49.8 Å². The molecule has 0 saturated heterocycles. The number of hydrogen-bond donors (Lipinski definition) is 2. The van der Waals surface area contributed by atoms with E-state index in [0.29, 0.717) is 30.7 Å². The van der Waals surface area contributed by atoms with Crippen molar-refractivity contribution in [1.29, 1.82) is 0 Å². The number of sulfonamides is 1. The lowest BCUT2D eigenvalue weighted by molar-refractivity contribution is -0.143. The van der Waals surface area contributed by atoms with E-state index in [1.165, 1.54) is 18.2 Å². The van der Waals surface area contributed by atoms with Crippen molar-refractivity contribution in [3.8, 4) is 0 Å². The number of hydrogen-bond acceptors (Lipinski definition) is 3. The van der Waals surface area contributed by atoms with Crippen LogP contribution >= 0.6 is 23.2 Å². The van der Waals surface area contributed by atoms with E-state index in [4.69, 9.17) is 28.3 Å². The molecule has 0 amide bonds. The summed E-state index contributed by atoms with van der Waals surface area (Å²) in [5.41, 5.74) is 0. The van der Waals surface area contributed by atoms with Gasteiger partial charge in [-0.1, -0.05) is 23.2 Å². The maximum Gasteiger partial charge on any atom is 0.306 e. The molecule has 1 aliphatic carbocycles. The number of carboxylic acids is 1. The molecule has 1 aliphatic rings. The molecule has 1 saturated carbocycles. The summed E-state index contributed by atoms with van der Waals surface area (Å²) < 4.78 is 27.0. The van der Waals surface area contributed by atoms with Gasteiger partial charge in [0.25, 0.3) is 0 Å². The van der Waals surface area contributed by atoms with E-state index in [1.807, 2.05) is 0 Å². The van der Waals surface area contributed by atoms with Crippen LogP contribution in [0, 0.1) is 11.8 Å². The zero-order valence-corrected chi connectivity index (χ0v) is 14.1. The third-order valence-electron chi connectivity index (χ3n) is 3.94. The molecular weight excluding hydrogens is 349 g/mol. The van der Waals surface area contributed by atoms with Gasteiger partial charge in [0.2, 0.25) is 10.0 Å². The van der Waals surface area contributed by atoms with Crippen LogP contribution in [0.3, 0.4) is 0 Å². The third kappa shape index (κ3) is 4.35. The van der Waals surface area contributed by atoms with Gasteiger partial charge in [0.15, 0.2) is 0 Å². The van der Waals surface area contributed by atoms with E-state index < -0.39 is 16.0 Å². The Morgan fingerprint density at radius 1 is 1.23 bits per heavy atom. The molecule has 0 bridgehead atoms. The molecule has 5 nitrogen and oxygen atoms in total. The van der Waals surface area contributed by atoms with Gasteiger partial charge in [-0.15, -0.1) is 0 Å². The molecule has 8 heteroatoms. The Bertz CT molecular complexity index is 655. The first-order valence-electron chi connectivity index (χ1n) is 6.97. The number of halogens is 2. The molecule has 1 aromatic carbocycles. The van der Waals surface area contributed by atoms with E-state index in [2.05, 4.69) is 4.72 Å². The highest BCUT2D eigenvalue weighted by atomic mass is 35.5. The Morgan fingerprint density at radius 2 is 1.86 bits per heavy atom. The minimum absolute atomic E-state index is 0.00205. The van der Waals surface area contributed by atoms with Crippen LogP contribution in [0.2, 0.25) is 10.0 Å². The van der Waals surface area contributed by atoms with Gasteiger partial charge in [-0.3, -0.25) is 4.79 Å². The van der Waals surface area contributed by atoms with E-state index in [9.17, 15) is 13.2 Å². The molecular formula is C14H17Cl2NO4S. The monoisotopic (exact) mass is 365 g/mol. The van der Waals surface area contributed by atoms with E-state index in [-0.39, 0.29) is 28.3 Å². The first-order valence-corrected chi connectivity index (χ1v) is 9.21. The highest BCUT2D eigenvalue weighted by Crippen LogP contribution is 2.29. The second-order valence-corrected chi connectivity index (χ2v) is 8.06. The topological polar surface area (TPSA) is 83.5 Å². The van der Waals surface area contributed by atoms with Crippen LogP contribution in [0.5, 0.6) is 0 Å². The van der Waals surface area contributed by atoms with Crippen LogP contribution < -0.4 is 4.72 Å². The molecule has 0 atom stereocenters. The van der Waals surface area contributed by atoms with Crippen molar-refractivity contribution in [2.45, 2.75) is 30.6 Å². The maximum absolute atomic E-state index is 12.2. The third-order valence-corrected chi connectivity index (χ3v) is 6.08. The summed E-state index contributed by atoms with van der Waals surface area (Å²) in [6.07, 6.45) is 2.58. The normalized spacial score (nSPS) is 22.5. The van der Waals surface area contributed by atoms with Gasteiger partial charge < -0.3 is 5.11 Å². The lowest BCUT2D eigenvalue weighted by Gasteiger charge is -2.26. The summed E-state index contributed by atoms with van der Waals surface area (Å²) in [6, 6.07) is 4.23. The Labute approximate surface area is 139 Å². The van der Waals surface area contributed by atoms with Crippen LogP contribution in [0.15, 0.2) is 23.1 Å². The number of rotatable bonds is 5. The van der Waals surface area contributed by atoms with E-state index >= 15 is 0 Å². The zero-order chi connectivity index (χ0) is 16.3. The van der Waals surface area contributed by atoms with Crippen LogP contribution in [0.4, 0.5) is 0 Å². The summed E-state index contributed by atoms with van der Waals surface area (Å²) in [7, 11) is -3.69. The second kappa shape index (κ2) is 7.17. The SMILES string of the molecule is O=C(O)C1CCC(CNS(=O)(=O)c2ccc(Cl)cc2Cl)CC1. The van der Waals surface area contributed by atoms with Crippen LogP contribution in [0.25, 0.3) is 0 Å². The molecule has 0 heterocycles. The van der Waals surface area contributed by atoms with Gasteiger partial charge in [-0.2, -0.15) is 0 Å². The van der Waals surface area contributed by atoms with Gasteiger partial charge in [0.05, 0.1) is 10.9 Å². The van der Waals surface area contributed by atoms with Crippen LogP contribution in [-0.2, 0) is 14.8 Å². The predicted octanol–water partition coefficient (Wildman–Crippen LogP) is 3.16. The molecule has 0 aromatic heterocycles. The van der Waals surface area contributed by atoms with Gasteiger partial charge in [0.1, 0.15) is 4.90 Å². The Kier molecular flexibility index (Phi) is 5.71. The molecule has 0 spiro atoms. The van der Waals surface area contributed by atoms with Gasteiger partial charge in [0, 0.05) is 11.6 Å². The number of carbonyl (C=O) groups is 1. The molecule has 22 heavy (non-hydrogen) atoms. The molecule has 2 rings (SSSR count). The minimum Gasteiger partial charge on any atom is -0.481 e. The standard InChI is InChI=1S/C14H17Cl2NO4S/c15-11-5-6-13(12(16)7-11)22(20,21)17-8-9-1-3-10(4-2-9)14(18)19/h5-7,9-10,17H,1-4,8H2,(H,18,19). The zero-order valence-electron chi connectivity index (χ0n) is 11.8. The summed E-state index contributed by atoms with van der Waals surface area (Å²) in [6.45, 7) is 0.285. The van der Waals surface area contributed by atoms with Crippen LogP contribution in [-0.4, -0.2) is 26.0 Å². The molecule has 1 fully saturated rings. The van der Waals surface area contributed by atoms with Crippen LogP contribution in [0.1, 0.15) is 25.7 Å². The molecule has 0 unspecified atom stereocenters. The molecule has 2 N–H and O–H groups in total. The summed E-state index contributed by atoms with van der Waals surface area (Å²) in [4.78, 5) is 10.9. The highest BCUT2D eigenvalue weighted by Gasteiger charge is 2.27. The first kappa shape index (κ1) is 17.5. The number of carboxylic acid groups (broad SMARTS) is 1. The van der Waals surface area contributed by atoms with Crippen molar-refractivity contribution in [2.24, 2.45) is 11.8 Å². The van der Waals surface area contributed by atoms with Crippen molar-refractivity contribution in [2.75, 3.05) is 6.54 Å². The first-order chi connectivity index (χ1) is 10.3. The lowest BCUT2D eigenvalue weighted by atomic mass is 9.82. The van der Waals surface area contributed by atoms with Gasteiger partial charge in [-0.25, -0.2) is 13.1 Å². The lowest BCUT2D eigenvalue weighted by Crippen LogP contribution is -2.32. The predicted molar refractivity (Wildman–Crippen MR) is 84.7 cm³/mol. The fraction of sp³-hybridized carbons (Fsp3) is 0.500. The van der Waals surface area contributed by atoms with Crippen molar-refractivity contribution in [3.05, 3.63) is 28.2 Å². The van der Waals surface area contributed by atoms with Crippen molar-refractivity contribution in [1.82, 2.24) is 4.72 Å². The number of aliphatic carboxylic acids is 1. The largest absolute Gasteiger partial charge is 0.481 e. The Balaban J connectivity index is 1.95. The van der Waals surface area contributed by atoms with E-state index in [1.54, 1.807) is 0 Å². The Hall–Kier alpha value is -0.820. The smallest absolute Gasteiger partial charge is 0.306 e. The summed E-state index contributed by atoms with van der Waals surface area (Å²) >= 11 is 11.7. The molecule has 1 aromatic rings. The fourth-order valence-electron chi connectivity index (χ4n) is 2.61. The quantitative estimate of drug-likeness (QED) is 0.839. The minimum atomic E-state index is -3.69. The second-order valence-electron chi connectivity index (χ2n) is 5.48. The van der Waals surface area contributed by atoms with Crippen molar-refractivity contribution >= 4 is 39.2 Å². The molecule has 0 aliphatic heterocycles. The maximum atomic E-state index is 12.2. The molecule has 122 valence electrons. The Morgan fingerprint density at radius 3 is 2.41 bits per heavy atom.